The minimum absolute atomic E-state index is 0.0582. The van der Waals surface area contributed by atoms with Crippen LogP contribution in [0.4, 0.5) is 0 Å². The first kappa shape index (κ1) is 20.5. The van der Waals surface area contributed by atoms with Gasteiger partial charge in [-0.25, -0.2) is 4.79 Å². The molecule has 1 saturated heterocycles. The SMILES string of the molecule is C#CCO[C@H]1[C@@H](OC(=O)c2ccccc2)[C@H]([n+]2cccc(C(N)=O)c2)O[C@@H]1CC. The van der Waals surface area contributed by atoms with Crippen LogP contribution in [0.2, 0.25) is 0 Å². The fraction of sp³-hybridized carbons (Fsp3) is 0.318. The summed E-state index contributed by atoms with van der Waals surface area (Å²) in [6.07, 6.45) is 6.89. The molecule has 0 aliphatic carbocycles. The summed E-state index contributed by atoms with van der Waals surface area (Å²) in [6.45, 7) is 2.00. The summed E-state index contributed by atoms with van der Waals surface area (Å²) in [5, 5.41) is 0. The number of esters is 1. The van der Waals surface area contributed by atoms with E-state index in [2.05, 4.69) is 5.92 Å². The highest BCUT2D eigenvalue weighted by Gasteiger charge is 2.52. The number of terminal acetylenes is 1. The summed E-state index contributed by atoms with van der Waals surface area (Å²) < 4.78 is 19.4. The quantitative estimate of drug-likeness (QED) is 0.437. The molecule has 1 aliphatic rings. The maximum absolute atomic E-state index is 12.7. The first-order chi connectivity index (χ1) is 14.0. The van der Waals surface area contributed by atoms with E-state index in [9.17, 15) is 9.59 Å². The van der Waals surface area contributed by atoms with Gasteiger partial charge in [-0.2, -0.15) is 4.57 Å². The van der Waals surface area contributed by atoms with Crippen LogP contribution < -0.4 is 10.3 Å². The number of rotatable bonds is 7. The van der Waals surface area contributed by atoms with E-state index < -0.39 is 30.3 Å². The van der Waals surface area contributed by atoms with E-state index in [0.29, 0.717) is 17.5 Å². The number of hydrogen-bond acceptors (Lipinski definition) is 5. The van der Waals surface area contributed by atoms with Crippen molar-refractivity contribution in [1.82, 2.24) is 0 Å². The van der Waals surface area contributed by atoms with Crippen LogP contribution in [0.5, 0.6) is 0 Å². The maximum Gasteiger partial charge on any atom is 0.338 e. The number of primary amides is 1. The van der Waals surface area contributed by atoms with Crippen molar-refractivity contribution in [2.24, 2.45) is 5.73 Å². The fourth-order valence-electron chi connectivity index (χ4n) is 3.31. The molecule has 150 valence electrons. The number of amides is 1. The van der Waals surface area contributed by atoms with Gasteiger partial charge in [0.1, 0.15) is 18.3 Å². The third-order valence-electron chi connectivity index (χ3n) is 4.70. The number of carbonyl (C=O) groups is 2. The molecule has 7 nitrogen and oxygen atoms in total. The maximum atomic E-state index is 12.7. The monoisotopic (exact) mass is 395 g/mol. The molecule has 1 amide bonds. The summed E-state index contributed by atoms with van der Waals surface area (Å²) in [7, 11) is 0. The van der Waals surface area contributed by atoms with E-state index in [1.807, 2.05) is 13.0 Å². The molecule has 2 heterocycles. The van der Waals surface area contributed by atoms with E-state index in [1.54, 1.807) is 53.4 Å². The van der Waals surface area contributed by atoms with Gasteiger partial charge in [-0.15, -0.1) is 6.42 Å². The third kappa shape index (κ3) is 4.62. The molecule has 0 radical (unpaired) electrons. The van der Waals surface area contributed by atoms with Crippen molar-refractivity contribution in [3.05, 3.63) is 66.0 Å². The molecule has 3 rings (SSSR count). The van der Waals surface area contributed by atoms with Crippen LogP contribution in [0.15, 0.2) is 54.9 Å². The highest BCUT2D eigenvalue weighted by Crippen LogP contribution is 2.32. The van der Waals surface area contributed by atoms with E-state index >= 15 is 0 Å². The number of pyridine rings is 1. The van der Waals surface area contributed by atoms with Crippen molar-refractivity contribution < 1.29 is 28.4 Å². The van der Waals surface area contributed by atoms with Gasteiger partial charge in [0.05, 0.1) is 11.7 Å². The lowest BCUT2D eigenvalue weighted by Crippen LogP contribution is -2.48. The molecule has 0 saturated carbocycles. The van der Waals surface area contributed by atoms with Gasteiger partial charge in [0.15, 0.2) is 12.4 Å². The van der Waals surface area contributed by atoms with Crippen LogP contribution >= 0.6 is 0 Å². The Labute approximate surface area is 169 Å². The van der Waals surface area contributed by atoms with Crippen molar-refractivity contribution in [3.8, 4) is 12.3 Å². The van der Waals surface area contributed by atoms with Crippen molar-refractivity contribution >= 4 is 11.9 Å². The normalized spacial score (nSPS) is 23.3. The predicted octanol–water partition coefficient (Wildman–Crippen LogP) is 1.62. The molecule has 1 aliphatic heterocycles. The second kappa shape index (κ2) is 9.32. The smallest absolute Gasteiger partial charge is 0.338 e. The number of benzene rings is 1. The Balaban J connectivity index is 1.94. The van der Waals surface area contributed by atoms with Crippen LogP contribution in [0.25, 0.3) is 0 Å². The molecule has 4 atom stereocenters. The third-order valence-corrected chi connectivity index (χ3v) is 4.70. The number of carbonyl (C=O) groups excluding carboxylic acids is 2. The second-order valence-corrected chi connectivity index (χ2v) is 6.59. The molecule has 1 aromatic heterocycles. The summed E-state index contributed by atoms with van der Waals surface area (Å²) in [6, 6.07) is 11.9. The van der Waals surface area contributed by atoms with Gasteiger partial charge in [0.2, 0.25) is 6.10 Å². The Morgan fingerprint density at radius 2 is 1.90 bits per heavy atom. The second-order valence-electron chi connectivity index (χ2n) is 6.59. The number of aromatic nitrogens is 1. The molecule has 7 heteroatoms. The fourth-order valence-corrected chi connectivity index (χ4v) is 3.31. The van der Waals surface area contributed by atoms with Crippen molar-refractivity contribution in [2.45, 2.75) is 37.9 Å². The standard InChI is InChI=1S/C22H22N2O5/c1-3-13-27-18-17(4-2)28-21(24-12-8-11-16(14-24)20(23)25)19(18)29-22(26)15-9-6-5-7-10-15/h1,5-12,14,17-19,21H,4,13H2,2H3,(H-,23,25)/p+1/t17-,18-,19-,21-/m1/s1. The van der Waals surface area contributed by atoms with Gasteiger partial charge in [0.25, 0.3) is 5.91 Å². The van der Waals surface area contributed by atoms with Crippen molar-refractivity contribution in [2.75, 3.05) is 6.61 Å². The Kier molecular flexibility index (Phi) is 6.60. The van der Waals surface area contributed by atoms with E-state index in [1.165, 1.54) is 0 Å². The predicted molar refractivity (Wildman–Crippen MR) is 104 cm³/mol. The Morgan fingerprint density at radius 3 is 2.55 bits per heavy atom. The Morgan fingerprint density at radius 1 is 1.17 bits per heavy atom. The van der Waals surface area contributed by atoms with Crippen LogP contribution in [0.3, 0.4) is 0 Å². The number of nitrogens with two attached hydrogens (primary N) is 1. The average molecular weight is 395 g/mol. The topological polar surface area (TPSA) is 91.7 Å². The largest absolute Gasteiger partial charge is 0.446 e. The van der Waals surface area contributed by atoms with Gasteiger partial charge < -0.3 is 19.9 Å². The first-order valence-corrected chi connectivity index (χ1v) is 9.32. The van der Waals surface area contributed by atoms with Crippen LogP contribution in [-0.4, -0.2) is 36.8 Å². The minimum Gasteiger partial charge on any atom is -0.446 e. The minimum atomic E-state index is -0.769. The average Bonchev–Trinajstić information content (AvgIpc) is 3.10. The van der Waals surface area contributed by atoms with Crippen molar-refractivity contribution in [1.29, 1.82) is 0 Å². The zero-order valence-corrected chi connectivity index (χ0v) is 16.1. The lowest BCUT2D eigenvalue weighted by molar-refractivity contribution is -0.765. The first-order valence-electron chi connectivity index (χ1n) is 9.32. The zero-order valence-electron chi connectivity index (χ0n) is 16.1. The van der Waals surface area contributed by atoms with Crippen molar-refractivity contribution in [3.63, 3.8) is 0 Å². The van der Waals surface area contributed by atoms with E-state index in [0.717, 1.165) is 0 Å². The molecule has 1 aromatic carbocycles. The number of hydrogen-bond donors (Lipinski definition) is 1. The highest BCUT2D eigenvalue weighted by atomic mass is 16.6. The van der Waals surface area contributed by atoms with Crippen LogP contribution in [0.1, 0.15) is 40.3 Å². The molecule has 0 spiro atoms. The van der Waals surface area contributed by atoms with E-state index in [-0.39, 0.29) is 12.7 Å². The van der Waals surface area contributed by atoms with E-state index in [4.69, 9.17) is 26.4 Å². The molecule has 2 aromatic rings. The molecule has 0 bridgehead atoms. The van der Waals surface area contributed by atoms with Crippen LogP contribution in [-0.2, 0) is 14.2 Å². The molecular weight excluding hydrogens is 372 g/mol. The number of nitrogens with zero attached hydrogens (tertiary/aromatic N) is 1. The summed E-state index contributed by atoms with van der Waals surface area (Å²) in [5.74, 6) is 1.37. The Bertz CT molecular complexity index is 909. The lowest BCUT2D eigenvalue weighted by atomic mass is 10.1. The molecule has 1 fully saturated rings. The van der Waals surface area contributed by atoms with Gasteiger partial charge in [-0.3, -0.25) is 4.79 Å². The lowest BCUT2D eigenvalue weighted by Gasteiger charge is -2.21. The van der Waals surface area contributed by atoms with Gasteiger partial charge >= 0.3 is 12.2 Å². The molecule has 0 unspecified atom stereocenters. The summed E-state index contributed by atoms with van der Waals surface area (Å²) in [5.41, 5.74) is 6.12. The van der Waals surface area contributed by atoms with Gasteiger partial charge in [-0.1, -0.05) is 31.0 Å². The summed E-state index contributed by atoms with van der Waals surface area (Å²) >= 11 is 0. The molecule has 29 heavy (non-hydrogen) atoms. The summed E-state index contributed by atoms with van der Waals surface area (Å²) in [4.78, 5) is 24.3. The van der Waals surface area contributed by atoms with Gasteiger partial charge in [0, 0.05) is 6.07 Å². The molecule has 2 N–H and O–H groups in total. The number of ether oxygens (including phenoxy) is 3. The molecular formula is C22H23N2O5+. The Hall–Kier alpha value is -3.21. The highest BCUT2D eigenvalue weighted by molar-refractivity contribution is 5.92. The van der Waals surface area contributed by atoms with Gasteiger partial charge in [-0.05, 0) is 24.6 Å². The van der Waals surface area contributed by atoms with Crippen LogP contribution in [0, 0.1) is 12.3 Å². The zero-order chi connectivity index (χ0) is 20.8.